The molecule has 150 valence electrons. The van der Waals surface area contributed by atoms with Crippen molar-refractivity contribution in [2.75, 3.05) is 14.2 Å². The average molecular weight is 475 g/mol. The van der Waals surface area contributed by atoms with Gasteiger partial charge in [0.2, 0.25) is 0 Å². The van der Waals surface area contributed by atoms with Gasteiger partial charge in [0.1, 0.15) is 28.6 Å². The highest BCUT2D eigenvalue weighted by molar-refractivity contribution is 9.10. The summed E-state index contributed by atoms with van der Waals surface area (Å²) in [6.45, 7) is 0.332. The molecule has 0 aliphatic rings. The number of carbonyl (C=O) groups excluding carboxylic acids is 1. The molecule has 0 spiro atoms. The number of methoxy groups -OCH3 is 2. The van der Waals surface area contributed by atoms with Gasteiger partial charge in [-0.05, 0) is 48.6 Å². The first-order chi connectivity index (χ1) is 14.0. The molecule has 1 amide bonds. The van der Waals surface area contributed by atoms with Crippen molar-refractivity contribution in [1.82, 2.24) is 10.6 Å². The lowest BCUT2D eigenvalue weighted by molar-refractivity contribution is 0.0970. The zero-order valence-corrected chi connectivity index (χ0v) is 18.2. The molecule has 1 aromatic heterocycles. The lowest BCUT2D eigenvalue weighted by Gasteiger charge is -2.13. The second kappa shape index (κ2) is 9.58. The number of hydrogen-bond donors (Lipinski definition) is 2. The Labute approximate surface area is 182 Å². The third-order valence-electron chi connectivity index (χ3n) is 4.10. The standard InChI is InChI=1S/C21H19BrN2O4S/c1-26-17-4-3-5-18(27-2)19(17)20(25)24-21(29)23-12-15-10-11-16(28-15)13-6-8-14(22)9-7-13/h3-11H,12H2,1-2H3,(H2,23,24,25,29). The molecule has 3 aromatic rings. The van der Waals surface area contributed by atoms with E-state index in [1.807, 2.05) is 36.4 Å². The number of hydrogen-bond acceptors (Lipinski definition) is 5. The number of furan rings is 1. The lowest BCUT2D eigenvalue weighted by Crippen LogP contribution is -2.39. The Hall–Kier alpha value is -2.84. The van der Waals surface area contributed by atoms with Gasteiger partial charge >= 0.3 is 0 Å². The Bertz CT molecular complexity index is 996. The molecule has 6 nitrogen and oxygen atoms in total. The Balaban J connectivity index is 1.61. The zero-order valence-electron chi connectivity index (χ0n) is 15.8. The van der Waals surface area contributed by atoms with Gasteiger partial charge in [-0.25, -0.2) is 0 Å². The van der Waals surface area contributed by atoms with Crippen molar-refractivity contribution in [1.29, 1.82) is 0 Å². The first-order valence-electron chi connectivity index (χ1n) is 8.66. The molecule has 0 aliphatic heterocycles. The van der Waals surface area contributed by atoms with Gasteiger partial charge in [-0.3, -0.25) is 10.1 Å². The maximum absolute atomic E-state index is 12.6. The topological polar surface area (TPSA) is 72.7 Å². The number of carbonyl (C=O) groups is 1. The number of benzene rings is 2. The van der Waals surface area contributed by atoms with Crippen molar-refractivity contribution in [3.63, 3.8) is 0 Å². The average Bonchev–Trinajstić information content (AvgIpc) is 3.21. The van der Waals surface area contributed by atoms with Crippen molar-refractivity contribution in [2.45, 2.75) is 6.54 Å². The van der Waals surface area contributed by atoms with E-state index >= 15 is 0 Å². The fraction of sp³-hybridized carbons (Fsp3) is 0.143. The number of ether oxygens (including phenoxy) is 2. The highest BCUT2D eigenvalue weighted by Gasteiger charge is 2.19. The molecule has 29 heavy (non-hydrogen) atoms. The third kappa shape index (κ3) is 5.16. The monoisotopic (exact) mass is 474 g/mol. The van der Waals surface area contributed by atoms with Crippen molar-refractivity contribution >= 4 is 39.2 Å². The molecule has 0 aliphatic carbocycles. The van der Waals surface area contributed by atoms with E-state index in [1.165, 1.54) is 14.2 Å². The predicted octanol–water partition coefficient (Wildman–Crippen LogP) is 4.53. The van der Waals surface area contributed by atoms with E-state index in [9.17, 15) is 4.79 Å². The smallest absolute Gasteiger partial charge is 0.264 e. The van der Waals surface area contributed by atoms with Crippen molar-refractivity contribution in [3.05, 3.63) is 70.4 Å². The summed E-state index contributed by atoms with van der Waals surface area (Å²) < 4.78 is 17.3. The fourth-order valence-corrected chi connectivity index (χ4v) is 3.12. The van der Waals surface area contributed by atoms with E-state index < -0.39 is 5.91 Å². The van der Waals surface area contributed by atoms with Crippen LogP contribution in [0, 0.1) is 0 Å². The summed E-state index contributed by atoms with van der Waals surface area (Å²) in [5.74, 6) is 1.81. The van der Waals surface area contributed by atoms with Gasteiger partial charge in [0.25, 0.3) is 5.91 Å². The number of rotatable bonds is 6. The van der Waals surface area contributed by atoms with Gasteiger partial charge in [0, 0.05) is 10.0 Å². The molecule has 2 aromatic carbocycles. The van der Waals surface area contributed by atoms with Crippen molar-refractivity contribution in [3.8, 4) is 22.8 Å². The van der Waals surface area contributed by atoms with Crippen LogP contribution >= 0.6 is 28.1 Å². The molecule has 1 heterocycles. The van der Waals surface area contributed by atoms with E-state index in [4.69, 9.17) is 26.1 Å². The second-order valence-electron chi connectivity index (χ2n) is 5.95. The van der Waals surface area contributed by atoms with Crippen molar-refractivity contribution in [2.24, 2.45) is 0 Å². The summed E-state index contributed by atoms with van der Waals surface area (Å²) in [5, 5.41) is 5.77. The van der Waals surface area contributed by atoms with Crippen LogP contribution in [0.4, 0.5) is 0 Å². The molecule has 0 atom stereocenters. The largest absolute Gasteiger partial charge is 0.496 e. The molecule has 0 unspecified atom stereocenters. The van der Waals surface area contributed by atoms with Gasteiger partial charge in [0.15, 0.2) is 5.11 Å². The molecule has 2 N–H and O–H groups in total. The van der Waals surface area contributed by atoms with Crippen molar-refractivity contribution < 1.29 is 18.7 Å². The number of amides is 1. The molecular weight excluding hydrogens is 456 g/mol. The van der Waals surface area contributed by atoms with Gasteiger partial charge < -0.3 is 19.2 Å². The van der Waals surface area contributed by atoms with E-state index in [2.05, 4.69) is 26.6 Å². The van der Waals surface area contributed by atoms with Crippen LogP contribution in [-0.2, 0) is 6.54 Å². The van der Waals surface area contributed by atoms with Crippen LogP contribution in [0.2, 0.25) is 0 Å². The molecule has 0 bridgehead atoms. The summed E-state index contributed by atoms with van der Waals surface area (Å²) in [6, 6.07) is 16.7. The Kier molecular flexibility index (Phi) is 6.90. The minimum absolute atomic E-state index is 0.171. The van der Waals surface area contributed by atoms with Crippen LogP contribution in [0.15, 0.2) is 63.5 Å². The fourth-order valence-electron chi connectivity index (χ4n) is 2.69. The first kappa shape index (κ1) is 20.9. The molecular formula is C21H19BrN2O4S. The highest BCUT2D eigenvalue weighted by Crippen LogP contribution is 2.28. The summed E-state index contributed by atoms with van der Waals surface area (Å²) in [6.07, 6.45) is 0. The lowest BCUT2D eigenvalue weighted by atomic mass is 10.1. The Morgan fingerprint density at radius 1 is 1.03 bits per heavy atom. The number of thiocarbonyl (C=S) groups is 1. The predicted molar refractivity (Wildman–Crippen MR) is 118 cm³/mol. The molecule has 0 fully saturated rings. The van der Waals surface area contributed by atoms with E-state index in [0.717, 1.165) is 15.8 Å². The minimum atomic E-state index is -0.424. The van der Waals surface area contributed by atoms with E-state index in [0.29, 0.717) is 23.8 Å². The Morgan fingerprint density at radius 3 is 2.31 bits per heavy atom. The normalized spacial score (nSPS) is 10.3. The molecule has 3 rings (SSSR count). The molecule has 0 saturated carbocycles. The summed E-state index contributed by atoms with van der Waals surface area (Å²) in [5.41, 5.74) is 1.25. The maximum Gasteiger partial charge on any atom is 0.264 e. The van der Waals surface area contributed by atoms with Gasteiger partial charge in [-0.2, -0.15) is 0 Å². The van der Waals surface area contributed by atoms with E-state index in [1.54, 1.807) is 18.2 Å². The van der Waals surface area contributed by atoms with Crippen LogP contribution in [0.25, 0.3) is 11.3 Å². The summed E-state index contributed by atoms with van der Waals surface area (Å²) in [7, 11) is 2.98. The molecule has 0 saturated heterocycles. The van der Waals surface area contributed by atoms with Gasteiger partial charge in [-0.1, -0.05) is 34.1 Å². The summed E-state index contributed by atoms with van der Waals surface area (Å²) in [4.78, 5) is 12.6. The number of nitrogens with one attached hydrogen (secondary N) is 2. The quantitative estimate of drug-likeness (QED) is 0.511. The van der Waals surface area contributed by atoms with Crippen LogP contribution in [0.1, 0.15) is 16.1 Å². The summed E-state index contributed by atoms with van der Waals surface area (Å²) >= 11 is 8.64. The maximum atomic E-state index is 12.6. The highest BCUT2D eigenvalue weighted by atomic mass is 79.9. The zero-order chi connectivity index (χ0) is 20.8. The van der Waals surface area contributed by atoms with Gasteiger partial charge in [-0.15, -0.1) is 0 Å². The van der Waals surface area contributed by atoms with Crippen LogP contribution in [0.5, 0.6) is 11.5 Å². The van der Waals surface area contributed by atoms with Crippen LogP contribution in [-0.4, -0.2) is 25.2 Å². The second-order valence-corrected chi connectivity index (χ2v) is 7.27. The van der Waals surface area contributed by atoms with Gasteiger partial charge in [0.05, 0.1) is 20.8 Å². The minimum Gasteiger partial charge on any atom is -0.496 e. The van der Waals surface area contributed by atoms with Crippen LogP contribution < -0.4 is 20.1 Å². The van der Waals surface area contributed by atoms with Crippen LogP contribution in [0.3, 0.4) is 0 Å². The SMILES string of the molecule is COc1cccc(OC)c1C(=O)NC(=S)NCc1ccc(-c2ccc(Br)cc2)o1. The molecule has 8 heteroatoms. The van der Waals surface area contributed by atoms with E-state index in [-0.39, 0.29) is 10.7 Å². The molecule has 0 radical (unpaired) electrons. The Morgan fingerprint density at radius 2 is 1.69 bits per heavy atom. The third-order valence-corrected chi connectivity index (χ3v) is 4.87. The first-order valence-corrected chi connectivity index (χ1v) is 9.86. The number of halogens is 1.